The lowest BCUT2D eigenvalue weighted by Gasteiger charge is -2.26. The third kappa shape index (κ3) is 5.09. The van der Waals surface area contributed by atoms with Crippen LogP contribution in [0.2, 0.25) is 0 Å². The zero-order chi connectivity index (χ0) is 32.0. The van der Waals surface area contributed by atoms with Gasteiger partial charge in [0.2, 0.25) is 0 Å². The molecule has 6 aromatic carbocycles. The summed E-state index contributed by atoms with van der Waals surface area (Å²) in [6, 6.07) is 52.0. The van der Waals surface area contributed by atoms with Gasteiger partial charge in [0.25, 0.3) is 0 Å². The van der Waals surface area contributed by atoms with Crippen LogP contribution in [0.1, 0.15) is 36.1 Å². The number of benzene rings is 6. The van der Waals surface area contributed by atoms with Crippen molar-refractivity contribution in [2.45, 2.75) is 19.3 Å². The quantitative estimate of drug-likeness (QED) is 0.211. The Bertz CT molecular complexity index is 2200. The van der Waals surface area contributed by atoms with Gasteiger partial charge in [-0.25, -0.2) is 0 Å². The standard InChI is InChI=1S/C45H36N2/c1-31-28-33(26-27-47(36-16-8-5-9-17-36)44-21-13-11-18-37(31)44)32-23-25-43(46-35-14-6-4-7-15-35)40(29-32)34-22-24-39-38-19-10-12-20-41(38)45(2,3)42(39)30-34/h4-30,46H,1H2,2-3H3/b27-26-,33-28+. The minimum Gasteiger partial charge on any atom is -0.355 e. The predicted molar refractivity (Wildman–Crippen MR) is 200 cm³/mol. The van der Waals surface area contributed by atoms with E-state index in [2.05, 4.69) is 189 Å². The third-order valence-corrected chi connectivity index (χ3v) is 9.58. The van der Waals surface area contributed by atoms with Crippen molar-refractivity contribution in [2.75, 3.05) is 10.2 Å². The summed E-state index contributed by atoms with van der Waals surface area (Å²) >= 11 is 0. The van der Waals surface area contributed by atoms with E-state index in [9.17, 15) is 0 Å². The van der Waals surface area contributed by atoms with E-state index in [1.54, 1.807) is 0 Å². The van der Waals surface area contributed by atoms with E-state index in [-0.39, 0.29) is 5.41 Å². The maximum atomic E-state index is 4.54. The Morgan fingerprint density at radius 2 is 1.23 bits per heavy atom. The second-order valence-electron chi connectivity index (χ2n) is 12.8. The van der Waals surface area contributed by atoms with Gasteiger partial charge in [0.1, 0.15) is 0 Å². The zero-order valence-electron chi connectivity index (χ0n) is 26.7. The predicted octanol–water partition coefficient (Wildman–Crippen LogP) is 12.2. The molecule has 8 rings (SSSR count). The molecule has 1 heterocycles. The van der Waals surface area contributed by atoms with Crippen LogP contribution in [0.3, 0.4) is 0 Å². The molecule has 0 amide bonds. The Hall–Kier alpha value is -5.86. The Balaban J connectivity index is 1.27. The first-order valence-electron chi connectivity index (χ1n) is 16.2. The summed E-state index contributed by atoms with van der Waals surface area (Å²) in [5.41, 5.74) is 16.3. The zero-order valence-corrected chi connectivity index (χ0v) is 26.7. The smallest absolute Gasteiger partial charge is 0.0533 e. The fourth-order valence-corrected chi connectivity index (χ4v) is 7.12. The van der Waals surface area contributed by atoms with Crippen molar-refractivity contribution >= 4 is 33.9 Å². The van der Waals surface area contributed by atoms with Crippen molar-refractivity contribution in [1.29, 1.82) is 0 Å². The van der Waals surface area contributed by atoms with Crippen LogP contribution in [0.5, 0.6) is 0 Å². The van der Waals surface area contributed by atoms with Crippen LogP contribution in [0.25, 0.3) is 33.4 Å². The average Bonchev–Trinajstić information content (AvgIpc) is 3.34. The van der Waals surface area contributed by atoms with Crippen LogP contribution >= 0.6 is 0 Å². The van der Waals surface area contributed by atoms with Crippen LogP contribution in [0, 0.1) is 0 Å². The highest BCUT2D eigenvalue weighted by Crippen LogP contribution is 2.50. The lowest BCUT2D eigenvalue weighted by Crippen LogP contribution is -2.14. The molecule has 47 heavy (non-hydrogen) atoms. The molecule has 6 aromatic rings. The minimum absolute atomic E-state index is 0.0800. The minimum atomic E-state index is -0.0800. The first-order valence-corrected chi connectivity index (χ1v) is 16.2. The molecule has 2 aliphatic rings. The molecule has 2 nitrogen and oxygen atoms in total. The maximum absolute atomic E-state index is 4.54. The van der Waals surface area contributed by atoms with Crippen molar-refractivity contribution in [3.05, 3.63) is 193 Å². The molecule has 0 spiro atoms. The highest BCUT2D eigenvalue weighted by molar-refractivity contribution is 5.95. The van der Waals surface area contributed by atoms with E-state index >= 15 is 0 Å². The van der Waals surface area contributed by atoms with Gasteiger partial charge in [-0.2, -0.15) is 0 Å². The van der Waals surface area contributed by atoms with E-state index in [0.717, 1.165) is 50.6 Å². The molecule has 1 aliphatic carbocycles. The Labute approximate surface area is 277 Å². The largest absolute Gasteiger partial charge is 0.355 e. The number of hydrogen-bond donors (Lipinski definition) is 1. The molecule has 0 saturated carbocycles. The van der Waals surface area contributed by atoms with E-state index in [1.165, 1.54) is 27.8 Å². The van der Waals surface area contributed by atoms with E-state index < -0.39 is 0 Å². The summed E-state index contributed by atoms with van der Waals surface area (Å²) in [5.74, 6) is 0. The van der Waals surface area contributed by atoms with Crippen molar-refractivity contribution in [3.63, 3.8) is 0 Å². The van der Waals surface area contributed by atoms with Gasteiger partial charge in [0.05, 0.1) is 5.69 Å². The maximum Gasteiger partial charge on any atom is 0.0533 e. The number of nitrogens with one attached hydrogen (secondary N) is 1. The van der Waals surface area contributed by atoms with Crippen LogP contribution in [-0.2, 0) is 5.41 Å². The molecule has 0 saturated heterocycles. The molecule has 0 bridgehead atoms. The van der Waals surface area contributed by atoms with Crippen LogP contribution in [-0.4, -0.2) is 0 Å². The number of anilines is 4. The molecule has 1 aliphatic heterocycles. The van der Waals surface area contributed by atoms with E-state index in [1.807, 2.05) is 6.07 Å². The van der Waals surface area contributed by atoms with Gasteiger partial charge in [-0.1, -0.05) is 117 Å². The Kier molecular flexibility index (Phi) is 7.00. The molecule has 0 unspecified atom stereocenters. The summed E-state index contributed by atoms with van der Waals surface area (Å²) in [7, 11) is 0. The van der Waals surface area contributed by atoms with Gasteiger partial charge < -0.3 is 10.2 Å². The van der Waals surface area contributed by atoms with Crippen LogP contribution in [0.15, 0.2) is 171 Å². The fourth-order valence-electron chi connectivity index (χ4n) is 7.12. The summed E-state index contributed by atoms with van der Waals surface area (Å²) in [4.78, 5) is 2.25. The highest BCUT2D eigenvalue weighted by Gasteiger charge is 2.35. The molecule has 0 atom stereocenters. The summed E-state index contributed by atoms with van der Waals surface area (Å²) in [5, 5.41) is 3.72. The van der Waals surface area contributed by atoms with E-state index in [0.29, 0.717) is 0 Å². The van der Waals surface area contributed by atoms with Crippen molar-refractivity contribution < 1.29 is 0 Å². The van der Waals surface area contributed by atoms with Gasteiger partial charge in [-0.3, -0.25) is 0 Å². The molecule has 226 valence electrons. The van der Waals surface area contributed by atoms with Gasteiger partial charge in [0.15, 0.2) is 0 Å². The fraction of sp³-hybridized carbons (Fsp3) is 0.0667. The second-order valence-corrected chi connectivity index (χ2v) is 12.8. The van der Waals surface area contributed by atoms with Crippen LogP contribution < -0.4 is 10.2 Å². The normalized spacial score (nSPS) is 16.2. The van der Waals surface area contributed by atoms with Crippen molar-refractivity contribution in [2.24, 2.45) is 0 Å². The topological polar surface area (TPSA) is 15.3 Å². The summed E-state index contributed by atoms with van der Waals surface area (Å²) < 4.78 is 0. The SMILES string of the molecule is C=C1/C=C(c2ccc(Nc3ccccc3)c(-c3ccc4c(c3)C(C)(C)c3ccccc3-4)c2)\C=C/N(c2ccccc2)c2ccccc21. The lowest BCUT2D eigenvalue weighted by atomic mass is 9.81. The summed E-state index contributed by atoms with van der Waals surface area (Å²) in [6.07, 6.45) is 6.60. The van der Waals surface area contributed by atoms with Crippen molar-refractivity contribution in [3.8, 4) is 22.3 Å². The highest BCUT2D eigenvalue weighted by atomic mass is 15.1. The number of fused-ring (bicyclic) bond motifs is 4. The number of hydrogen-bond acceptors (Lipinski definition) is 2. The molecular formula is C45H36N2. The molecular weight excluding hydrogens is 569 g/mol. The first-order chi connectivity index (χ1) is 23.0. The van der Waals surface area contributed by atoms with Gasteiger partial charge in [-0.15, -0.1) is 0 Å². The number of allylic oxidation sites excluding steroid dienone is 4. The molecule has 0 radical (unpaired) electrons. The Morgan fingerprint density at radius 3 is 2.04 bits per heavy atom. The molecule has 0 aromatic heterocycles. The number of nitrogens with zero attached hydrogens (tertiary/aromatic N) is 1. The molecule has 2 heteroatoms. The van der Waals surface area contributed by atoms with Gasteiger partial charge in [-0.05, 0) is 105 Å². The van der Waals surface area contributed by atoms with Crippen LogP contribution in [0.4, 0.5) is 22.7 Å². The monoisotopic (exact) mass is 604 g/mol. The third-order valence-electron chi connectivity index (χ3n) is 9.58. The number of para-hydroxylation sites is 3. The van der Waals surface area contributed by atoms with E-state index in [4.69, 9.17) is 0 Å². The first kappa shape index (κ1) is 28.6. The molecule has 1 N–H and O–H groups in total. The Morgan fingerprint density at radius 1 is 0.574 bits per heavy atom. The second kappa shape index (κ2) is 11.5. The number of rotatable bonds is 5. The van der Waals surface area contributed by atoms with Gasteiger partial charge >= 0.3 is 0 Å². The lowest BCUT2D eigenvalue weighted by molar-refractivity contribution is 0.660. The van der Waals surface area contributed by atoms with Gasteiger partial charge in [0, 0.05) is 39.8 Å². The average molecular weight is 605 g/mol. The summed E-state index contributed by atoms with van der Waals surface area (Å²) in [6.45, 7) is 9.22. The molecule has 0 fully saturated rings. The van der Waals surface area contributed by atoms with Crippen molar-refractivity contribution in [1.82, 2.24) is 0 Å².